The minimum atomic E-state index is -3.71. The van der Waals surface area contributed by atoms with Crippen molar-refractivity contribution in [2.24, 2.45) is 0 Å². The summed E-state index contributed by atoms with van der Waals surface area (Å²) in [6.07, 6.45) is 2.90. The molecular weight excluding hydrogens is 440 g/mol. The van der Waals surface area contributed by atoms with Crippen LogP contribution in [0.15, 0.2) is 47.4 Å². The molecule has 0 atom stereocenters. The number of benzene rings is 2. The van der Waals surface area contributed by atoms with E-state index in [4.69, 9.17) is 21.1 Å². The highest BCUT2D eigenvalue weighted by molar-refractivity contribution is 7.89. The third kappa shape index (κ3) is 7.27. The SMILES string of the molecule is CCOc1cc(/C=C/C(=O)Nc2cccc(S(=O)(=O)NC(C)(C)C)c2)cc(Cl)c1OC. The van der Waals surface area contributed by atoms with Crippen molar-refractivity contribution in [3.05, 3.63) is 53.1 Å². The van der Waals surface area contributed by atoms with E-state index in [1.807, 2.05) is 6.92 Å². The summed E-state index contributed by atoms with van der Waals surface area (Å²) in [6.45, 7) is 7.54. The Balaban J connectivity index is 2.17. The van der Waals surface area contributed by atoms with Gasteiger partial charge >= 0.3 is 0 Å². The number of anilines is 1. The third-order valence-corrected chi connectivity index (χ3v) is 5.85. The van der Waals surface area contributed by atoms with Gasteiger partial charge in [-0.25, -0.2) is 13.1 Å². The molecule has 2 N–H and O–H groups in total. The van der Waals surface area contributed by atoms with E-state index in [9.17, 15) is 13.2 Å². The number of hydrogen-bond acceptors (Lipinski definition) is 5. The zero-order chi connectivity index (χ0) is 23.2. The van der Waals surface area contributed by atoms with Crippen LogP contribution < -0.4 is 19.5 Å². The van der Waals surface area contributed by atoms with Gasteiger partial charge in [-0.05, 0) is 69.7 Å². The maximum absolute atomic E-state index is 12.5. The Hall–Kier alpha value is -2.55. The molecule has 0 radical (unpaired) electrons. The number of amides is 1. The van der Waals surface area contributed by atoms with E-state index in [-0.39, 0.29) is 4.90 Å². The lowest BCUT2D eigenvalue weighted by Gasteiger charge is -2.20. The summed E-state index contributed by atoms with van der Waals surface area (Å²) in [5, 5.41) is 3.02. The molecule has 0 aliphatic heterocycles. The van der Waals surface area contributed by atoms with Crippen LogP contribution in [0, 0.1) is 0 Å². The van der Waals surface area contributed by atoms with E-state index in [1.165, 1.54) is 25.3 Å². The zero-order valence-corrected chi connectivity index (χ0v) is 19.7. The predicted octanol–water partition coefficient (Wildman–Crippen LogP) is 4.48. The molecule has 0 saturated carbocycles. The minimum absolute atomic E-state index is 0.0625. The number of halogens is 1. The number of hydrogen-bond donors (Lipinski definition) is 2. The van der Waals surface area contributed by atoms with Crippen molar-refractivity contribution >= 4 is 39.3 Å². The molecule has 2 aromatic carbocycles. The van der Waals surface area contributed by atoms with E-state index in [0.717, 1.165) is 0 Å². The Morgan fingerprint density at radius 3 is 2.52 bits per heavy atom. The molecule has 0 bridgehead atoms. The highest BCUT2D eigenvalue weighted by Gasteiger charge is 2.22. The molecule has 7 nitrogen and oxygen atoms in total. The number of nitrogens with one attached hydrogen (secondary N) is 2. The first-order valence-corrected chi connectivity index (χ1v) is 11.4. The molecule has 2 aromatic rings. The second-order valence-electron chi connectivity index (χ2n) is 7.67. The van der Waals surface area contributed by atoms with E-state index < -0.39 is 21.5 Å². The van der Waals surface area contributed by atoms with Crippen molar-refractivity contribution in [2.75, 3.05) is 19.0 Å². The number of carbonyl (C=O) groups is 1. The first-order valence-electron chi connectivity index (χ1n) is 9.58. The minimum Gasteiger partial charge on any atom is -0.491 e. The number of carbonyl (C=O) groups excluding carboxylic acids is 1. The lowest BCUT2D eigenvalue weighted by atomic mass is 10.1. The van der Waals surface area contributed by atoms with Crippen LogP contribution in [0.1, 0.15) is 33.3 Å². The lowest BCUT2D eigenvalue weighted by Crippen LogP contribution is -2.40. The fraction of sp³-hybridized carbons (Fsp3) is 0.318. The largest absolute Gasteiger partial charge is 0.491 e. The molecule has 1 amide bonds. The van der Waals surface area contributed by atoms with Gasteiger partial charge in [0.2, 0.25) is 15.9 Å². The average molecular weight is 467 g/mol. The summed E-state index contributed by atoms with van der Waals surface area (Å²) in [4.78, 5) is 12.4. The Kier molecular flexibility index (Phi) is 8.11. The zero-order valence-electron chi connectivity index (χ0n) is 18.2. The summed E-state index contributed by atoms with van der Waals surface area (Å²) >= 11 is 6.22. The van der Waals surface area contributed by atoms with Gasteiger partial charge in [-0.15, -0.1) is 0 Å². The Bertz CT molecular complexity index is 1080. The van der Waals surface area contributed by atoms with Crippen LogP contribution in [-0.4, -0.2) is 33.6 Å². The third-order valence-electron chi connectivity index (χ3n) is 3.82. The van der Waals surface area contributed by atoms with Gasteiger partial charge in [-0.2, -0.15) is 0 Å². The van der Waals surface area contributed by atoms with Gasteiger partial charge < -0.3 is 14.8 Å². The second kappa shape index (κ2) is 10.2. The number of sulfonamides is 1. The van der Waals surface area contributed by atoms with Crippen molar-refractivity contribution in [1.82, 2.24) is 4.72 Å². The Morgan fingerprint density at radius 2 is 1.90 bits per heavy atom. The van der Waals surface area contributed by atoms with Gasteiger partial charge in [-0.1, -0.05) is 17.7 Å². The van der Waals surface area contributed by atoms with E-state index in [2.05, 4.69) is 10.0 Å². The lowest BCUT2D eigenvalue weighted by molar-refractivity contribution is -0.111. The molecule has 0 spiro atoms. The molecule has 31 heavy (non-hydrogen) atoms. The van der Waals surface area contributed by atoms with Crippen LogP contribution in [0.2, 0.25) is 5.02 Å². The predicted molar refractivity (Wildman–Crippen MR) is 123 cm³/mol. The number of rotatable bonds is 8. The number of methoxy groups -OCH3 is 1. The quantitative estimate of drug-likeness (QED) is 0.559. The monoisotopic (exact) mass is 466 g/mol. The topological polar surface area (TPSA) is 93.7 Å². The molecule has 0 aliphatic carbocycles. The molecule has 0 unspecified atom stereocenters. The summed E-state index contributed by atoms with van der Waals surface area (Å²) in [5.41, 5.74) is 0.380. The van der Waals surface area contributed by atoms with Crippen LogP contribution in [0.4, 0.5) is 5.69 Å². The first kappa shape index (κ1) is 24.7. The highest BCUT2D eigenvalue weighted by Crippen LogP contribution is 2.36. The van der Waals surface area contributed by atoms with E-state index in [1.54, 1.807) is 51.1 Å². The summed E-state index contributed by atoms with van der Waals surface area (Å²) in [7, 11) is -2.21. The summed E-state index contributed by atoms with van der Waals surface area (Å²) in [6, 6.07) is 9.40. The normalized spacial score (nSPS) is 12.1. The van der Waals surface area contributed by atoms with Gasteiger partial charge in [0.15, 0.2) is 11.5 Å². The molecule has 168 valence electrons. The maximum atomic E-state index is 12.5. The van der Waals surface area contributed by atoms with Gasteiger partial charge in [0.05, 0.1) is 23.6 Å². The van der Waals surface area contributed by atoms with Crippen LogP contribution in [0.25, 0.3) is 6.08 Å². The smallest absolute Gasteiger partial charge is 0.248 e. The van der Waals surface area contributed by atoms with Crippen LogP contribution in [-0.2, 0) is 14.8 Å². The number of ether oxygens (including phenoxy) is 2. The van der Waals surface area contributed by atoms with Crippen molar-refractivity contribution in [1.29, 1.82) is 0 Å². The van der Waals surface area contributed by atoms with Gasteiger partial charge in [0, 0.05) is 17.3 Å². The Labute approximate surface area is 188 Å². The molecule has 0 heterocycles. The van der Waals surface area contributed by atoms with Crippen molar-refractivity contribution < 1.29 is 22.7 Å². The van der Waals surface area contributed by atoms with E-state index in [0.29, 0.717) is 34.4 Å². The maximum Gasteiger partial charge on any atom is 0.248 e. The average Bonchev–Trinajstić information content (AvgIpc) is 2.65. The van der Waals surface area contributed by atoms with Crippen LogP contribution >= 0.6 is 11.6 Å². The molecule has 0 saturated heterocycles. The Morgan fingerprint density at radius 1 is 1.19 bits per heavy atom. The summed E-state index contributed by atoms with van der Waals surface area (Å²) < 4.78 is 38.3. The fourth-order valence-electron chi connectivity index (χ4n) is 2.70. The van der Waals surface area contributed by atoms with E-state index >= 15 is 0 Å². The summed E-state index contributed by atoms with van der Waals surface area (Å²) in [5.74, 6) is 0.469. The molecular formula is C22H27ClN2O5S. The molecule has 0 fully saturated rings. The molecule has 2 rings (SSSR count). The molecule has 9 heteroatoms. The van der Waals surface area contributed by atoms with Gasteiger partial charge in [0.1, 0.15) is 0 Å². The standard InChI is InChI=1S/C22H27ClN2O5S/c1-6-30-19-13-15(12-18(23)21(19)29-5)10-11-20(26)24-16-8-7-9-17(14-16)31(27,28)25-22(2,3)4/h7-14,25H,6H2,1-5H3,(H,24,26)/b11-10+. The van der Waals surface area contributed by atoms with Gasteiger partial charge in [0.25, 0.3) is 0 Å². The van der Waals surface area contributed by atoms with Crippen molar-refractivity contribution in [2.45, 2.75) is 38.1 Å². The second-order valence-corrected chi connectivity index (χ2v) is 9.76. The van der Waals surface area contributed by atoms with Crippen molar-refractivity contribution in [3.8, 4) is 11.5 Å². The molecule has 0 aromatic heterocycles. The fourth-order valence-corrected chi connectivity index (χ4v) is 4.46. The van der Waals surface area contributed by atoms with Crippen molar-refractivity contribution in [3.63, 3.8) is 0 Å². The highest BCUT2D eigenvalue weighted by atomic mass is 35.5. The molecule has 0 aliphatic rings. The van der Waals surface area contributed by atoms with Crippen LogP contribution in [0.5, 0.6) is 11.5 Å². The first-order chi connectivity index (χ1) is 14.4. The van der Waals surface area contributed by atoms with Gasteiger partial charge in [-0.3, -0.25) is 4.79 Å². The van der Waals surface area contributed by atoms with Crippen LogP contribution in [0.3, 0.4) is 0 Å².